The molecular formula is C20H25ClN4O2. The Balaban J connectivity index is 0.00000261. The lowest BCUT2D eigenvalue weighted by Gasteiger charge is -2.27. The first-order chi connectivity index (χ1) is 12.5. The third-order valence-electron chi connectivity index (χ3n) is 4.64. The number of nitrogens with one attached hydrogen (secondary N) is 2. The lowest BCUT2D eigenvalue weighted by Crippen LogP contribution is -2.39. The van der Waals surface area contributed by atoms with E-state index in [1.807, 2.05) is 12.1 Å². The molecule has 2 aromatic rings. The molecule has 0 radical (unpaired) electrons. The van der Waals surface area contributed by atoms with E-state index in [4.69, 9.17) is 0 Å². The summed E-state index contributed by atoms with van der Waals surface area (Å²) in [4.78, 5) is 30.3. The Hall–Kier alpha value is -2.44. The average Bonchev–Trinajstić information content (AvgIpc) is 2.65. The van der Waals surface area contributed by atoms with Crippen LogP contribution < -0.4 is 10.6 Å². The van der Waals surface area contributed by atoms with Crippen LogP contribution in [0.25, 0.3) is 0 Å². The summed E-state index contributed by atoms with van der Waals surface area (Å²) in [5, 5.41) is 6.44. The van der Waals surface area contributed by atoms with Gasteiger partial charge in [-0.2, -0.15) is 0 Å². The maximum absolute atomic E-state index is 12.6. The van der Waals surface area contributed by atoms with Gasteiger partial charge in [-0.3, -0.25) is 9.59 Å². The van der Waals surface area contributed by atoms with Crippen LogP contribution in [0, 0.1) is 6.92 Å². The number of fused-ring (bicyclic) bond motifs is 1. The number of carbonyl (C=O) groups excluding carboxylic acids is 2. The zero-order chi connectivity index (χ0) is 18.7. The summed E-state index contributed by atoms with van der Waals surface area (Å²) in [5.74, 6) is -0.355. The molecule has 2 heterocycles. The van der Waals surface area contributed by atoms with E-state index in [2.05, 4.69) is 27.8 Å². The quantitative estimate of drug-likeness (QED) is 0.841. The van der Waals surface area contributed by atoms with Gasteiger partial charge < -0.3 is 15.5 Å². The number of carbonyl (C=O) groups is 2. The average molecular weight is 389 g/mol. The summed E-state index contributed by atoms with van der Waals surface area (Å²) in [6.45, 7) is 3.16. The molecule has 0 saturated carbocycles. The van der Waals surface area contributed by atoms with Gasteiger partial charge in [0, 0.05) is 26.7 Å². The largest absolute Gasteiger partial charge is 0.350 e. The first-order valence-electron chi connectivity index (χ1n) is 8.76. The molecule has 0 bridgehead atoms. The van der Waals surface area contributed by atoms with E-state index in [-0.39, 0.29) is 30.3 Å². The Morgan fingerprint density at radius 1 is 1.22 bits per heavy atom. The fraction of sp³-hybridized carbons (Fsp3) is 0.350. The zero-order valence-corrected chi connectivity index (χ0v) is 16.6. The number of rotatable bonds is 4. The van der Waals surface area contributed by atoms with Crippen molar-refractivity contribution in [2.24, 2.45) is 0 Å². The first kappa shape index (κ1) is 20.9. The Bertz CT molecular complexity index is 838. The van der Waals surface area contributed by atoms with Gasteiger partial charge in [0.05, 0.1) is 11.3 Å². The number of aromatic nitrogens is 1. The van der Waals surface area contributed by atoms with E-state index in [1.165, 1.54) is 16.0 Å². The topological polar surface area (TPSA) is 74.3 Å². The normalized spacial score (nSPS) is 15.3. The fourth-order valence-electron chi connectivity index (χ4n) is 3.21. The van der Waals surface area contributed by atoms with Crippen LogP contribution >= 0.6 is 12.4 Å². The summed E-state index contributed by atoms with van der Waals surface area (Å²) in [6.07, 6.45) is 1.00. The summed E-state index contributed by atoms with van der Waals surface area (Å²) in [6, 6.07) is 11.7. The molecular weight excluding hydrogens is 364 g/mol. The molecule has 1 aromatic carbocycles. The summed E-state index contributed by atoms with van der Waals surface area (Å²) >= 11 is 0. The highest BCUT2D eigenvalue weighted by Crippen LogP contribution is 2.22. The number of halogens is 1. The highest BCUT2D eigenvalue weighted by molar-refractivity contribution is 5.97. The monoisotopic (exact) mass is 388 g/mol. The molecule has 0 fully saturated rings. The predicted molar refractivity (Wildman–Crippen MR) is 107 cm³/mol. The zero-order valence-electron chi connectivity index (χ0n) is 15.8. The second kappa shape index (κ2) is 8.97. The fourth-order valence-corrected chi connectivity index (χ4v) is 3.21. The molecule has 1 atom stereocenters. The minimum absolute atomic E-state index is 0. The summed E-state index contributed by atoms with van der Waals surface area (Å²) in [5.41, 5.74) is 3.94. The van der Waals surface area contributed by atoms with Crippen LogP contribution in [-0.4, -0.2) is 48.9 Å². The molecule has 3 rings (SSSR count). The molecule has 27 heavy (non-hydrogen) atoms. The molecule has 1 unspecified atom stereocenters. The smallest absolute Gasteiger partial charge is 0.271 e. The summed E-state index contributed by atoms with van der Waals surface area (Å²) < 4.78 is 0. The minimum Gasteiger partial charge on any atom is -0.350 e. The SMILES string of the molecule is Cc1nc(C(=O)N(C)C)ccc1C(=O)NCC1NCCc2ccccc21.Cl. The van der Waals surface area contributed by atoms with Crippen LogP contribution in [0.3, 0.4) is 0 Å². The van der Waals surface area contributed by atoms with Crippen LogP contribution in [0.5, 0.6) is 0 Å². The van der Waals surface area contributed by atoms with Crippen LogP contribution in [-0.2, 0) is 6.42 Å². The van der Waals surface area contributed by atoms with Crippen LogP contribution in [0.2, 0.25) is 0 Å². The van der Waals surface area contributed by atoms with E-state index < -0.39 is 0 Å². The van der Waals surface area contributed by atoms with Crippen LogP contribution in [0.15, 0.2) is 36.4 Å². The van der Waals surface area contributed by atoms with Gasteiger partial charge in [-0.25, -0.2) is 4.98 Å². The molecule has 0 saturated heterocycles. The van der Waals surface area contributed by atoms with Crippen molar-refractivity contribution in [2.75, 3.05) is 27.2 Å². The van der Waals surface area contributed by atoms with E-state index in [9.17, 15) is 9.59 Å². The third-order valence-corrected chi connectivity index (χ3v) is 4.64. The van der Waals surface area contributed by atoms with Crippen molar-refractivity contribution in [3.8, 4) is 0 Å². The van der Waals surface area contributed by atoms with Gasteiger partial charge in [0.25, 0.3) is 11.8 Å². The maximum atomic E-state index is 12.6. The number of hydrogen-bond donors (Lipinski definition) is 2. The molecule has 7 heteroatoms. The minimum atomic E-state index is -0.178. The van der Waals surface area contributed by atoms with Gasteiger partial charge >= 0.3 is 0 Å². The highest BCUT2D eigenvalue weighted by atomic mass is 35.5. The molecule has 1 aliphatic rings. The molecule has 1 aliphatic heterocycles. The standard InChI is InChI=1S/C20H24N4O2.ClH/c1-13-15(8-9-17(23-13)20(26)24(2)3)19(25)22-12-18-16-7-5-4-6-14(16)10-11-21-18;/h4-9,18,21H,10-12H2,1-3H3,(H,22,25);1H. The van der Waals surface area contributed by atoms with Crippen molar-refractivity contribution in [1.82, 2.24) is 20.5 Å². The van der Waals surface area contributed by atoms with Crippen molar-refractivity contribution in [2.45, 2.75) is 19.4 Å². The number of nitrogens with zero attached hydrogens (tertiary/aromatic N) is 2. The number of hydrogen-bond acceptors (Lipinski definition) is 4. The van der Waals surface area contributed by atoms with E-state index in [0.717, 1.165) is 13.0 Å². The second-order valence-corrected chi connectivity index (χ2v) is 6.69. The van der Waals surface area contributed by atoms with Crippen molar-refractivity contribution in [1.29, 1.82) is 0 Å². The number of pyridine rings is 1. The van der Waals surface area contributed by atoms with Crippen molar-refractivity contribution in [3.63, 3.8) is 0 Å². The van der Waals surface area contributed by atoms with Gasteiger partial charge in [0.15, 0.2) is 0 Å². The Morgan fingerprint density at radius 2 is 1.96 bits per heavy atom. The molecule has 1 aromatic heterocycles. The van der Waals surface area contributed by atoms with Crippen LogP contribution in [0.4, 0.5) is 0 Å². The Kier molecular flexibility index (Phi) is 6.93. The van der Waals surface area contributed by atoms with Gasteiger partial charge in [-0.05, 0) is 43.1 Å². The second-order valence-electron chi connectivity index (χ2n) is 6.69. The molecule has 6 nitrogen and oxygen atoms in total. The lowest BCUT2D eigenvalue weighted by molar-refractivity contribution is 0.0820. The predicted octanol–water partition coefficient (Wildman–Crippen LogP) is 2.13. The molecule has 2 N–H and O–H groups in total. The Morgan fingerprint density at radius 3 is 2.67 bits per heavy atom. The lowest BCUT2D eigenvalue weighted by atomic mass is 9.94. The van der Waals surface area contributed by atoms with Crippen molar-refractivity contribution < 1.29 is 9.59 Å². The first-order valence-corrected chi connectivity index (χ1v) is 8.76. The van der Waals surface area contributed by atoms with Gasteiger partial charge in [-0.15, -0.1) is 12.4 Å². The van der Waals surface area contributed by atoms with Gasteiger partial charge in [0.1, 0.15) is 5.69 Å². The van der Waals surface area contributed by atoms with Crippen molar-refractivity contribution in [3.05, 3.63) is 64.5 Å². The molecule has 144 valence electrons. The summed E-state index contributed by atoms with van der Waals surface area (Å²) in [7, 11) is 3.35. The molecule has 0 aliphatic carbocycles. The number of aryl methyl sites for hydroxylation is 1. The van der Waals surface area contributed by atoms with Crippen LogP contribution in [0.1, 0.15) is 43.7 Å². The Labute approximate surface area is 165 Å². The van der Waals surface area contributed by atoms with Gasteiger partial charge in [-0.1, -0.05) is 24.3 Å². The number of benzene rings is 1. The van der Waals surface area contributed by atoms with Crippen molar-refractivity contribution >= 4 is 24.2 Å². The third kappa shape index (κ3) is 4.64. The maximum Gasteiger partial charge on any atom is 0.271 e. The van der Waals surface area contributed by atoms with Gasteiger partial charge in [0.2, 0.25) is 0 Å². The molecule has 0 spiro atoms. The molecule has 2 amide bonds. The van der Waals surface area contributed by atoms with E-state index >= 15 is 0 Å². The van der Waals surface area contributed by atoms with E-state index in [1.54, 1.807) is 33.2 Å². The van der Waals surface area contributed by atoms with E-state index in [0.29, 0.717) is 23.5 Å². The number of amides is 2. The highest BCUT2D eigenvalue weighted by Gasteiger charge is 2.21.